The zero-order chi connectivity index (χ0) is 17.4. The molecule has 0 bridgehead atoms. The van der Waals surface area contributed by atoms with Crippen LogP contribution in [0.25, 0.3) is 0 Å². The van der Waals surface area contributed by atoms with E-state index in [-0.39, 0.29) is 0 Å². The molecule has 1 amide bonds. The monoisotopic (exact) mass is 327 g/mol. The summed E-state index contributed by atoms with van der Waals surface area (Å²) in [7, 11) is 0. The highest BCUT2D eigenvalue weighted by atomic mass is 16.5. The number of carbonyl (C=O) groups excluding carboxylic acids is 1. The molecular weight excluding hydrogens is 302 g/mol. The highest BCUT2D eigenvalue weighted by molar-refractivity contribution is 5.86. The summed E-state index contributed by atoms with van der Waals surface area (Å²) >= 11 is 0. The number of carbonyl (C=O) groups is 1. The summed E-state index contributed by atoms with van der Waals surface area (Å²) in [5.41, 5.74) is 3.85. The number of nitrogens with zero attached hydrogens (tertiary/aromatic N) is 2. The van der Waals surface area contributed by atoms with Crippen molar-refractivity contribution in [3.05, 3.63) is 53.9 Å². The normalized spacial score (nSPS) is 10.3. The second-order valence-electron chi connectivity index (χ2n) is 5.50. The number of anilines is 2. The molecule has 24 heavy (non-hydrogen) atoms. The van der Waals surface area contributed by atoms with Gasteiger partial charge in [0.2, 0.25) is 0 Å². The number of aromatic nitrogens is 1. The minimum atomic E-state index is -0.440. The molecule has 1 aromatic heterocycles. The number of hydrogen-bond donors (Lipinski definition) is 1. The minimum Gasteiger partial charge on any atom is -0.449 e. The van der Waals surface area contributed by atoms with Crippen LogP contribution in [0.4, 0.5) is 16.2 Å². The van der Waals surface area contributed by atoms with Crippen molar-refractivity contribution in [1.29, 1.82) is 0 Å². The largest absolute Gasteiger partial charge is 0.449 e. The fourth-order valence-corrected chi connectivity index (χ4v) is 2.51. The Hall–Kier alpha value is -2.56. The lowest BCUT2D eigenvalue weighted by molar-refractivity contribution is 0.162. The molecule has 0 aliphatic rings. The van der Waals surface area contributed by atoms with Gasteiger partial charge in [0, 0.05) is 42.8 Å². The highest BCUT2D eigenvalue weighted by Crippen LogP contribution is 2.22. The number of benzene rings is 1. The molecule has 0 radical (unpaired) electrons. The Morgan fingerprint density at radius 3 is 2.62 bits per heavy atom. The Labute approximate surface area is 143 Å². The molecule has 2 aromatic rings. The standard InChI is InChI=1S/C19H25N3O2/c1-4-22(5-2)17-9-10-18(15(3)14-17)21-19(23)24-13-11-16-8-6-7-12-20-16/h6-10,12,14H,4-5,11,13H2,1-3H3,(H,21,23). The summed E-state index contributed by atoms with van der Waals surface area (Å²) in [6.07, 6.45) is 1.90. The molecular formula is C19H25N3O2. The molecule has 0 unspecified atom stereocenters. The Bertz CT molecular complexity index is 655. The zero-order valence-corrected chi connectivity index (χ0v) is 14.6. The molecule has 0 atom stereocenters. The zero-order valence-electron chi connectivity index (χ0n) is 14.6. The average molecular weight is 327 g/mol. The molecule has 0 saturated heterocycles. The van der Waals surface area contributed by atoms with E-state index < -0.39 is 6.09 Å². The van der Waals surface area contributed by atoms with Crippen LogP contribution in [0.2, 0.25) is 0 Å². The summed E-state index contributed by atoms with van der Waals surface area (Å²) in [6.45, 7) is 8.46. The van der Waals surface area contributed by atoms with Crippen LogP contribution in [0.3, 0.4) is 0 Å². The van der Waals surface area contributed by atoms with Gasteiger partial charge < -0.3 is 9.64 Å². The second kappa shape index (κ2) is 8.91. The Balaban J connectivity index is 1.87. The Morgan fingerprint density at radius 1 is 1.21 bits per heavy atom. The van der Waals surface area contributed by atoms with Crippen molar-refractivity contribution in [2.45, 2.75) is 27.2 Å². The Kier molecular flexibility index (Phi) is 6.61. The van der Waals surface area contributed by atoms with E-state index in [4.69, 9.17) is 4.74 Å². The van der Waals surface area contributed by atoms with Gasteiger partial charge in [-0.3, -0.25) is 10.3 Å². The first-order chi connectivity index (χ1) is 11.6. The molecule has 0 fully saturated rings. The molecule has 1 aromatic carbocycles. The van der Waals surface area contributed by atoms with Crippen molar-refractivity contribution in [3.8, 4) is 0 Å². The first-order valence-corrected chi connectivity index (χ1v) is 8.33. The molecule has 5 heteroatoms. The first kappa shape index (κ1) is 17.8. The number of aryl methyl sites for hydroxylation is 1. The molecule has 128 valence electrons. The molecule has 1 heterocycles. The fourth-order valence-electron chi connectivity index (χ4n) is 2.51. The lowest BCUT2D eigenvalue weighted by Gasteiger charge is -2.22. The predicted octanol–water partition coefficient (Wildman–Crippen LogP) is 4.03. The van der Waals surface area contributed by atoms with Gasteiger partial charge in [0.05, 0.1) is 6.61 Å². The van der Waals surface area contributed by atoms with Crippen molar-refractivity contribution >= 4 is 17.5 Å². The molecule has 2 rings (SSSR count). The van der Waals surface area contributed by atoms with Crippen molar-refractivity contribution in [1.82, 2.24) is 4.98 Å². The molecule has 5 nitrogen and oxygen atoms in total. The number of amides is 1. The molecule has 0 aliphatic heterocycles. The number of hydrogen-bond acceptors (Lipinski definition) is 4. The molecule has 0 spiro atoms. The van der Waals surface area contributed by atoms with E-state index in [1.807, 2.05) is 37.3 Å². The van der Waals surface area contributed by atoms with Gasteiger partial charge in [-0.15, -0.1) is 0 Å². The SMILES string of the molecule is CCN(CC)c1ccc(NC(=O)OCCc2ccccn2)c(C)c1. The smallest absolute Gasteiger partial charge is 0.411 e. The van der Waals surface area contributed by atoms with E-state index in [1.165, 1.54) is 0 Å². The summed E-state index contributed by atoms with van der Waals surface area (Å²) in [6, 6.07) is 11.7. The third-order valence-corrected chi connectivity index (χ3v) is 3.89. The van der Waals surface area contributed by atoms with Gasteiger partial charge in [0.15, 0.2) is 0 Å². The van der Waals surface area contributed by atoms with Gasteiger partial charge in [-0.05, 0) is 56.7 Å². The van der Waals surface area contributed by atoms with Crippen molar-refractivity contribution in [2.24, 2.45) is 0 Å². The topological polar surface area (TPSA) is 54.5 Å². The lowest BCUT2D eigenvalue weighted by atomic mass is 10.1. The third kappa shape index (κ3) is 4.98. The average Bonchev–Trinajstić information content (AvgIpc) is 2.59. The summed E-state index contributed by atoms with van der Waals surface area (Å²) in [5, 5.41) is 2.80. The van der Waals surface area contributed by atoms with Crippen molar-refractivity contribution in [3.63, 3.8) is 0 Å². The van der Waals surface area contributed by atoms with Gasteiger partial charge in [0.1, 0.15) is 0 Å². The lowest BCUT2D eigenvalue weighted by Crippen LogP contribution is -2.22. The van der Waals surface area contributed by atoms with Crippen molar-refractivity contribution in [2.75, 3.05) is 29.9 Å². The van der Waals surface area contributed by atoms with Crippen LogP contribution in [0.1, 0.15) is 25.1 Å². The quantitative estimate of drug-likeness (QED) is 0.834. The maximum Gasteiger partial charge on any atom is 0.411 e. The van der Waals surface area contributed by atoms with Gasteiger partial charge in [-0.1, -0.05) is 6.07 Å². The minimum absolute atomic E-state index is 0.305. The number of pyridine rings is 1. The van der Waals surface area contributed by atoms with Crippen LogP contribution in [0, 0.1) is 6.92 Å². The Morgan fingerprint density at radius 2 is 2.00 bits per heavy atom. The van der Waals surface area contributed by atoms with Crippen LogP contribution in [-0.4, -0.2) is 30.8 Å². The van der Waals surface area contributed by atoms with Crippen LogP contribution in [0.5, 0.6) is 0 Å². The van der Waals surface area contributed by atoms with Gasteiger partial charge in [0.25, 0.3) is 0 Å². The molecule has 1 N–H and O–H groups in total. The molecule has 0 aliphatic carbocycles. The number of nitrogens with one attached hydrogen (secondary N) is 1. The van der Waals surface area contributed by atoms with E-state index in [2.05, 4.69) is 35.1 Å². The van der Waals surface area contributed by atoms with Crippen LogP contribution < -0.4 is 10.2 Å². The first-order valence-electron chi connectivity index (χ1n) is 8.33. The van der Waals surface area contributed by atoms with Crippen LogP contribution in [-0.2, 0) is 11.2 Å². The van der Waals surface area contributed by atoms with E-state index in [0.717, 1.165) is 35.7 Å². The van der Waals surface area contributed by atoms with E-state index in [9.17, 15) is 4.79 Å². The third-order valence-electron chi connectivity index (χ3n) is 3.89. The fraction of sp³-hybridized carbons (Fsp3) is 0.368. The summed E-state index contributed by atoms with van der Waals surface area (Å²) in [4.78, 5) is 18.4. The van der Waals surface area contributed by atoms with Gasteiger partial charge in [-0.2, -0.15) is 0 Å². The van der Waals surface area contributed by atoms with Crippen molar-refractivity contribution < 1.29 is 9.53 Å². The van der Waals surface area contributed by atoms with E-state index in [1.54, 1.807) is 6.20 Å². The highest BCUT2D eigenvalue weighted by Gasteiger charge is 2.08. The number of rotatable bonds is 7. The molecule has 0 saturated carbocycles. The predicted molar refractivity (Wildman–Crippen MR) is 97.7 cm³/mol. The van der Waals surface area contributed by atoms with E-state index >= 15 is 0 Å². The van der Waals surface area contributed by atoms with Crippen LogP contribution in [0.15, 0.2) is 42.6 Å². The summed E-state index contributed by atoms with van der Waals surface area (Å²) in [5.74, 6) is 0. The summed E-state index contributed by atoms with van der Waals surface area (Å²) < 4.78 is 5.22. The van der Waals surface area contributed by atoms with Gasteiger partial charge >= 0.3 is 6.09 Å². The maximum absolute atomic E-state index is 11.9. The maximum atomic E-state index is 11.9. The van der Waals surface area contributed by atoms with E-state index in [0.29, 0.717) is 13.0 Å². The van der Waals surface area contributed by atoms with Gasteiger partial charge in [-0.25, -0.2) is 4.79 Å². The van der Waals surface area contributed by atoms with Crippen LogP contribution >= 0.6 is 0 Å². The second-order valence-corrected chi connectivity index (χ2v) is 5.50. The number of ether oxygens (including phenoxy) is 1.